The van der Waals surface area contributed by atoms with Gasteiger partial charge in [0, 0.05) is 5.02 Å². The molecule has 0 saturated heterocycles. The van der Waals surface area contributed by atoms with E-state index >= 15 is 0 Å². The number of nitrogens with zero attached hydrogens (tertiary/aromatic N) is 2. The molecule has 2 aromatic carbocycles. The molecule has 28 heavy (non-hydrogen) atoms. The third-order valence-electron chi connectivity index (χ3n) is 3.75. The molecule has 8 nitrogen and oxygen atoms in total. The summed E-state index contributed by atoms with van der Waals surface area (Å²) < 4.78 is 15.7. The summed E-state index contributed by atoms with van der Waals surface area (Å²) in [6.07, 6.45) is 1.31. The van der Waals surface area contributed by atoms with Gasteiger partial charge in [0.05, 0.1) is 25.5 Å². The number of halogens is 1. The number of carbonyl (C=O) groups excluding carboxylic acids is 1. The quantitative estimate of drug-likeness (QED) is 0.596. The number of nitrogens with one attached hydrogen (secondary N) is 1. The summed E-state index contributed by atoms with van der Waals surface area (Å²) in [5, 5.41) is 3.59. The Balaban J connectivity index is 1.83. The van der Waals surface area contributed by atoms with E-state index in [2.05, 4.69) is 20.0 Å². The molecule has 0 bridgehead atoms. The number of carbonyl (C=O) groups is 1. The van der Waals surface area contributed by atoms with Crippen LogP contribution in [-0.4, -0.2) is 30.2 Å². The first kappa shape index (κ1) is 19.2. The van der Waals surface area contributed by atoms with Gasteiger partial charge in [0.1, 0.15) is 23.5 Å². The molecule has 0 radical (unpaired) electrons. The van der Waals surface area contributed by atoms with Crippen molar-refractivity contribution in [2.45, 2.75) is 0 Å². The van der Waals surface area contributed by atoms with Crippen LogP contribution in [0.4, 0.5) is 17.2 Å². The topological polar surface area (TPSA) is 109 Å². The minimum absolute atomic E-state index is 0.157. The molecule has 9 heteroatoms. The number of nitrogens with two attached hydrogens (primary N) is 1. The maximum atomic E-state index is 11.5. The number of methoxy groups -OCH3 is 2. The van der Waals surface area contributed by atoms with Crippen molar-refractivity contribution < 1.29 is 19.0 Å². The number of aromatic nitrogens is 2. The monoisotopic (exact) mass is 400 g/mol. The van der Waals surface area contributed by atoms with Crippen molar-refractivity contribution in [3.63, 3.8) is 0 Å². The van der Waals surface area contributed by atoms with Gasteiger partial charge in [-0.25, -0.2) is 9.78 Å². The first-order chi connectivity index (χ1) is 13.5. The fourth-order valence-corrected chi connectivity index (χ4v) is 2.53. The molecule has 3 N–H and O–H groups in total. The van der Waals surface area contributed by atoms with Gasteiger partial charge >= 0.3 is 5.97 Å². The highest BCUT2D eigenvalue weighted by molar-refractivity contribution is 6.31. The van der Waals surface area contributed by atoms with Crippen molar-refractivity contribution in [3.05, 3.63) is 59.4 Å². The lowest BCUT2D eigenvalue weighted by Gasteiger charge is -2.14. The van der Waals surface area contributed by atoms with E-state index in [1.165, 1.54) is 13.4 Å². The lowest BCUT2D eigenvalue weighted by atomic mass is 10.2. The third-order valence-corrected chi connectivity index (χ3v) is 3.99. The molecule has 0 aliphatic rings. The molecular formula is C19H17ClN4O4. The van der Waals surface area contributed by atoms with Crippen LogP contribution < -0.4 is 20.5 Å². The Morgan fingerprint density at radius 2 is 1.86 bits per heavy atom. The molecule has 0 saturated carbocycles. The maximum Gasteiger partial charge on any atom is 0.337 e. The highest BCUT2D eigenvalue weighted by Gasteiger charge is 2.13. The van der Waals surface area contributed by atoms with Crippen molar-refractivity contribution in [2.75, 3.05) is 25.3 Å². The fourth-order valence-electron chi connectivity index (χ4n) is 2.35. The van der Waals surface area contributed by atoms with E-state index < -0.39 is 5.97 Å². The second kappa shape index (κ2) is 8.45. The van der Waals surface area contributed by atoms with Crippen LogP contribution in [0.15, 0.2) is 48.8 Å². The van der Waals surface area contributed by atoms with Crippen LogP contribution in [0.3, 0.4) is 0 Å². The van der Waals surface area contributed by atoms with Gasteiger partial charge in [0.25, 0.3) is 0 Å². The molecule has 1 aromatic heterocycles. The highest BCUT2D eigenvalue weighted by Crippen LogP contribution is 2.35. The molecule has 3 aromatic rings. The SMILES string of the molecule is COC(=O)c1ccc(Oc2ncnc(Nc3cc(Cl)ccc3OC)c2N)cc1. The Morgan fingerprint density at radius 1 is 1.11 bits per heavy atom. The summed E-state index contributed by atoms with van der Waals surface area (Å²) in [6, 6.07) is 11.5. The van der Waals surface area contributed by atoms with Gasteiger partial charge in [-0.2, -0.15) is 4.98 Å². The normalized spacial score (nSPS) is 10.2. The molecule has 0 unspecified atom stereocenters. The Kier molecular flexibility index (Phi) is 5.81. The molecule has 0 amide bonds. The molecule has 3 rings (SSSR count). The van der Waals surface area contributed by atoms with Crippen LogP contribution in [-0.2, 0) is 4.74 Å². The van der Waals surface area contributed by atoms with Gasteiger partial charge in [0.2, 0.25) is 5.88 Å². The summed E-state index contributed by atoms with van der Waals surface area (Å²) in [5.74, 6) is 1.07. The average Bonchev–Trinajstić information content (AvgIpc) is 2.71. The van der Waals surface area contributed by atoms with Gasteiger partial charge in [0.15, 0.2) is 5.82 Å². The average molecular weight is 401 g/mol. The van der Waals surface area contributed by atoms with Crippen LogP contribution in [0.25, 0.3) is 0 Å². The standard InChI is InChI=1S/C19H17ClN4O4/c1-26-15-8-5-12(20)9-14(15)24-17-16(21)18(23-10-22-17)28-13-6-3-11(4-7-13)19(25)27-2/h3-10H,21H2,1-2H3,(H,22,23,24). The largest absolute Gasteiger partial charge is 0.495 e. The predicted octanol–water partition coefficient (Wildman–Crippen LogP) is 4.04. The zero-order valence-electron chi connectivity index (χ0n) is 15.1. The second-order valence-corrected chi connectivity index (χ2v) is 5.97. The van der Waals surface area contributed by atoms with Gasteiger partial charge in [-0.3, -0.25) is 0 Å². The first-order valence-electron chi connectivity index (χ1n) is 8.09. The van der Waals surface area contributed by atoms with E-state index in [0.29, 0.717) is 33.6 Å². The summed E-state index contributed by atoms with van der Waals surface area (Å²) >= 11 is 6.05. The molecule has 144 valence electrons. The molecule has 0 aliphatic heterocycles. The molecule has 0 aliphatic carbocycles. The Bertz CT molecular complexity index is 996. The fraction of sp³-hybridized carbons (Fsp3) is 0.105. The number of nitrogen functional groups attached to an aromatic ring is 1. The van der Waals surface area contributed by atoms with Crippen molar-refractivity contribution in [2.24, 2.45) is 0 Å². The third kappa shape index (κ3) is 4.24. The van der Waals surface area contributed by atoms with Gasteiger partial charge in [-0.1, -0.05) is 11.6 Å². The Morgan fingerprint density at radius 3 is 2.54 bits per heavy atom. The number of benzene rings is 2. The number of esters is 1. The summed E-state index contributed by atoms with van der Waals surface area (Å²) in [6.45, 7) is 0. The molecule has 1 heterocycles. The van der Waals surface area contributed by atoms with Crippen LogP contribution in [0.2, 0.25) is 5.02 Å². The van der Waals surface area contributed by atoms with Gasteiger partial charge in [-0.05, 0) is 42.5 Å². The maximum absolute atomic E-state index is 11.5. The first-order valence-corrected chi connectivity index (χ1v) is 8.47. The Hall–Kier alpha value is -3.52. The van der Waals surface area contributed by atoms with Crippen LogP contribution in [0.1, 0.15) is 10.4 Å². The van der Waals surface area contributed by atoms with Crippen molar-refractivity contribution in [3.8, 4) is 17.4 Å². The van der Waals surface area contributed by atoms with Crippen molar-refractivity contribution in [1.29, 1.82) is 0 Å². The van der Waals surface area contributed by atoms with Gasteiger partial charge in [-0.15, -0.1) is 0 Å². The van der Waals surface area contributed by atoms with E-state index in [9.17, 15) is 4.79 Å². The molecule has 0 atom stereocenters. The highest BCUT2D eigenvalue weighted by atomic mass is 35.5. The van der Waals surface area contributed by atoms with E-state index in [1.54, 1.807) is 49.6 Å². The van der Waals surface area contributed by atoms with E-state index in [-0.39, 0.29) is 11.6 Å². The summed E-state index contributed by atoms with van der Waals surface area (Å²) in [5.41, 5.74) is 7.34. The zero-order chi connectivity index (χ0) is 20.1. The molecular weight excluding hydrogens is 384 g/mol. The van der Waals surface area contributed by atoms with Gasteiger partial charge < -0.3 is 25.3 Å². The van der Waals surface area contributed by atoms with E-state index in [0.717, 1.165) is 0 Å². The Labute approximate surface area is 166 Å². The number of hydrogen-bond acceptors (Lipinski definition) is 8. The van der Waals surface area contributed by atoms with Crippen LogP contribution >= 0.6 is 11.6 Å². The number of hydrogen-bond donors (Lipinski definition) is 2. The lowest BCUT2D eigenvalue weighted by molar-refractivity contribution is 0.0600. The smallest absolute Gasteiger partial charge is 0.337 e. The molecule has 0 spiro atoms. The van der Waals surface area contributed by atoms with E-state index in [4.69, 9.17) is 26.8 Å². The lowest BCUT2D eigenvalue weighted by Crippen LogP contribution is -2.04. The molecule has 0 fully saturated rings. The minimum atomic E-state index is -0.435. The minimum Gasteiger partial charge on any atom is -0.495 e. The summed E-state index contributed by atoms with van der Waals surface area (Å²) in [4.78, 5) is 19.7. The van der Waals surface area contributed by atoms with E-state index in [1.807, 2.05) is 0 Å². The number of ether oxygens (including phenoxy) is 3. The second-order valence-electron chi connectivity index (χ2n) is 5.53. The van der Waals surface area contributed by atoms with Crippen LogP contribution in [0.5, 0.6) is 17.4 Å². The van der Waals surface area contributed by atoms with Crippen molar-refractivity contribution >= 4 is 34.8 Å². The number of rotatable bonds is 6. The van der Waals surface area contributed by atoms with Crippen LogP contribution in [0, 0.1) is 0 Å². The predicted molar refractivity (Wildman–Crippen MR) is 106 cm³/mol. The summed E-state index contributed by atoms with van der Waals surface area (Å²) in [7, 11) is 2.86. The van der Waals surface area contributed by atoms with Crippen molar-refractivity contribution in [1.82, 2.24) is 9.97 Å². The zero-order valence-corrected chi connectivity index (χ0v) is 15.9. The number of anilines is 3.